The minimum absolute atomic E-state index is 0.0211. The quantitative estimate of drug-likeness (QED) is 0.857. The molecule has 1 amide bonds. The highest BCUT2D eigenvalue weighted by atomic mass is 35.5. The van der Waals surface area contributed by atoms with Crippen LogP contribution in [0.4, 0.5) is 10.1 Å². The van der Waals surface area contributed by atoms with Gasteiger partial charge in [0.15, 0.2) is 0 Å². The highest BCUT2D eigenvalue weighted by Gasteiger charge is 2.23. The molecule has 2 N–H and O–H groups in total. The molecule has 1 aliphatic heterocycles. The van der Waals surface area contributed by atoms with E-state index >= 15 is 0 Å². The van der Waals surface area contributed by atoms with E-state index in [2.05, 4.69) is 10.6 Å². The second kappa shape index (κ2) is 5.97. The molecule has 0 aromatic heterocycles. The van der Waals surface area contributed by atoms with E-state index in [9.17, 15) is 9.18 Å². The summed E-state index contributed by atoms with van der Waals surface area (Å²) in [6.45, 7) is 1.48. The van der Waals surface area contributed by atoms with E-state index in [-0.39, 0.29) is 16.3 Å². The van der Waals surface area contributed by atoms with Gasteiger partial charge in [0.1, 0.15) is 18.0 Å². The van der Waals surface area contributed by atoms with Gasteiger partial charge in [0.2, 0.25) is 0 Å². The Labute approximate surface area is 114 Å². The Balaban J connectivity index is 2.12. The van der Waals surface area contributed by atoms with Crippen molar-refractivity contribution in [1.29, 1.82) is 5.26 Å². The van der Waals surface area contributed by atoms with Gasteiger partial charge in [-0.25, -0.2) is 4.39 Å². The lowest BCUT2D eigenvalue weighted by molar-refractivity contribution is -0.128. The molecule has 7 heteroatoms. The molecule has 1 unspecified atom stereocenters. The Kier molecular flexibility index (Phi) is 4.32. The van der Waals surface area contributed by atoms with E-state index in [0.29, 0.717) is 19.7 Å². The van der Waals surface area contributed by atoms with Gasteiger partial charge in [-0.15, -0.1) is 0 Å². The number of hydrogen-bond donors (Lipinski definition) is 2. The molecule has 1 aromatic rings. The average molecular weight is 284 g/mol. The maximum absolute atomic E-state index is 13.7. The molecular formula is C12H11ClFN3O2. The molecule has 100 valence electrons. The van der Waals surface area contributed by atoms with Gasteiger partial charge >= 0.3 is 0 Å². The number of rotatable bonds is 2. The van der Waals surface area contributed by atoms with Gasteiger partial charge in [-0.3, -0.25) is 4.79 Å². The summed E-state index contributed by atoms with van der Waals surface area (Å²) in [5.41, 5.74) is -0.0454. The molecule has 0 bridgehead atoms. The molecule has 19 heavy (non-hydrogen) atoms. The van der Waals surface area contributed by atoms with Crippen molar-refractivity contribution in [3.8, 4) is 6.07 Å². The molecule has 1 aliphatic rings. The molecule has 5 nitrogen and oxygen atoms in total. The van der Waals surface area contributed by atoms with Crippen molar-refractivity contribution in [3.63, 3.8) is 0 Å². The number of ether oxygens (including phenoxy) is 1. The van der Waals surface area contributed by atoms with Crippen LogP contribution in [0, 0.1) is 17.1 Å². The first-order valence-electron chi connectivity index (χ1n) is 5.64. The monoisotopic (exact) mass is 283 g/mol. The van der Waals surface area contributed by atoms with E-state index in [0.717, 1.165) is 6.07 Å². The zero-order valence-electron chi connectivity index (χ0n) is 9.87. The van der Waals surface area contributed by atoms with Gasteiger partial charge in [0.25, 0.3) is 5.91 Å². The summed E-state index contributed by atoms with van der Waals surface area (Å²) in [7, 11) is 0. The lowest BCUT2D eigenvalue weighted by Gasteiger charge is -2.22. The zero-order chi connectivity index (χ0) is 13.8. The molecule has 1 saturated heterocycles. The van der Waals surface area contributed by atoms with Crippen molar-refractivity contribution < 1.29 is 13.9 Å². The Morgan fingerprint density at radius 3 is 3.05 bits per heavy atom. The largest absolute Gasteiger partial charge is 0.366 e. The normalized spacial score (nSPS) is 18.7. The van der Waals surface area contributed by atoms with Crippen molar-refractivity contribution in [2.75, 3.05) is 25.0 Å². The number of nitriles is 1. The van der Waals surface area contributed by atoms with Crippen molar-refractivity contribution in [2.24, 2.45) is 0 Å². The summed E-state index contributed by atoms with van der Waals surface area (Å²) in [5.74, 6) is -1.16. The minimum Gasteiger partial charge on any atom is -0.366 e. The van der Waals surface area contributed by atoms with Gasteiger partial charge in [0.05, 0.1) is 22.9 Å². The first-order valence-corrected chi connectivity index (χ1v) is 6.02. The summed E-state index contributed by atoms with van der Waals surface area (Å²) >= 11 is 5.79. The number of halogens is 2. The van der Waals surface area contributed by atoms with Crippen molar-refractivity contribution in [2.45, 2.75) is 6.10 Å². The fraction of sp³-hybridized carbons (Fsp3) is 0.333. The van der Waals surface area contributed by atoms with Gasteiger partial charge in [0, 0.05) is 13.1 Å². The Bertz CT molecular complexity index is 539. The van der Waals surface area contributed by atoms with Gasteiger partial charge in [-0.2, -0.15) is 5.26 Å². The summed E-state index contributed by atoms with van der Waals surface area (Å²) in [5, 5.41) is 14.2. The Morgan fingerprint density at radius 1 is 1.63 bits per heavy atom. The van der Waals surface area contributed by atoms with Crippen LogP contribution in [0.25, 0.3) is 0 Å². The van der Waals surface area contributed by atoms with Crippen LogP contribution in [-0.4, -0.2) is 31.7 Å². The Morgan fingerprint density at radius 2 is 2.42 bits per heavy atom. The fourth-order valence-electron chi connectivity index (χ4n) is 1.68. The maximum Gasteiger partial charge on any atom is 0.254 e. The molecule has 1 heterocycles. The molecule has 1 atom stereocenters. The van der Waals surface area contributed by atoms with Crippen LogP contribution in [-0.2, 0) is 9.53 Å². The number of carbonyl (C=O) groups is 1. The number of hydrogen-bond acceptors (Lipinski definition) is 4. The van der Waals surface area contributed by atoms with Crippen LogP contribution >= 0.6 is 11.6 Å². The molecule has 0 aliphatic carbocycles. The summed E-state index contributed by atoms with van der Waals surface area (Å²) in [6, 6.07) is 3.96. The third kappa shape index (κ3) is 3.20. The number of amides is 1. The molecular weight excluding hydrogens is 273 g/mol. The van der Waals surface area contributed by atoms with E-state index in [1.54, 1.807) is 6.07 Å². The number of morpholine rings is 1. The number of anilines is 1. The first-order chi connectivity index (χ1) is 9.11. The smallest absolute Gasteiger partial charge is 0.254 e. The van der Waals surface area contributed by atoms with Crippen molar-refractivity contribution in [3.05, 3.63) is 28.5 Å². The Hall–Kier alpha value is -1.68. The van der Waals surface area contributed by atoms with Crippen LogP contribution in [0.1, 0.15) is 5.56 Å². The lowest BCUT2D eigenvalue weighted by Crippen LogP contribution is -2.45. The fourth-order valence-corrected chi connectivity index (χ4v) is 1.88. The van der Waals surface area contributed by atoms with E-state index in [1.165, 1.54) is 6.07 Å². The maximum atomic E-state index is 13.7. The van der Waals surface area contributed by atoms with Gasteiger partial charge in [-0.05, 0) is 12.1 Å². The zero-order valence-corrected chi connectivity index (χ0v) is 10.6. The van der Waals surface area contributed by atoms with Crippen LogP contribution in [0.15, 0.2) is 12.1 Å². The predicted octanol–water partition coefficient (Wildman–Crippen LogP) is 1.28. The molecule has 0 spiro atoms. The van der Waals surface area contributed by atoms with Crippen LogP contribution in [0.3, 0.4) is 0 Å². The predicted molar refractivity (Wildman–Crippen MR) is 67.4 cm³/mol. The van der Waals surface area contributed by atoms with Crippen LogP contribution < -0.4 is 10.6 Å². The molecule has 2 rings (SSSR count). The number of carbonyl (C=O) groups excluding carboxylic acids is 1. The lowest BCUT2D eigenvalue weighted by atomic mass is 10.2. The SMILES string of the molecule is N#Cc1cc(F)c(NC(=O)C2CNCCO2)cc1Cl. The second-order valence-electron chi connectivity index (χ2n) is 3.98. The van der Waals surface area contributed by atoms with Crippen molar-refractivity contribution >= 4 is 23.2 Å². The number of nitrogens with zero attached hydrogens (tertiary/aromatic N) is 1. The first kappa shape index (κ1) is 13.7. The number of nitrogens with one attached hydrogen (secondary N) is 2. The van der Waals surface area contributed by atoms with E-state index in [1.807, 2.05) is 0 Å². The highest BCUT2D eigenvalue weighted by Crippen LogP contribution is 2.24. The van der Waals surface area contributed by atoms with E-state index < -0.39 is 17.8 Å². The van der Waals surface area contributed by atoms with Gasteiger partial charge in [-0.1, -0.05) is 11.6 Å². The molecule has 0 radical (unpaired) electrons. The third-order valence-corrected chi connectivity index (χ3v) is 2.97. The number of benzene rings is 1. The summed E-state index contributed by atoms with van der Waals surface area (Å²) in [4.78, 5) is 11.8. The molecule has 1 fully saturated rings. The minimum atomic E-state index is -0.710. The van der Waals surface area contributed by atoms with Crippen LogP contribution in [0.5, 0.6) is 0 Å². The van der Waals surface area contributed by atoms with Gasteiger partial charge < -0.3 is 15.4 Å². The van der Waals surface area contributed by atoms with Crippen molar-refractivity contribution in [1.82, 2.24) is 5.32 Å². The second-order valence-corrected chi connectivity index (χ2v) is 4.38. The third-order valence-electron chi connectivity index (χ3n) is 2.66. The van der Waals surface area contributed by atoms with Crippen LogP contribution in [0.2, 0.25) is 5.02 Å². The van der Waals surface area contributed by atoms with E-state index in [4.69, 9.17) is 21.6 Å². The topological polar surface area (TPSA) is 74.2 Å². The highest BCUT2D eigenvalue weighted by molar-refractivity contribution is 6.32. The molecule has 0 saturated carbocycles. The average Bonchev–Trinajstić information content (AvgIpc) is 2.43. The summed E-state index contributed by atoms with van der Waals surface area (Å²) < 4.78 is 18.9. The summed E-state index contributed by atoms with van der Waals surface area (Å²) in [6.07, 6.45) is -0.664. The molecule has 1 aromatic carbocycles. The standard InChI is InChI=1S/C12H11ClFN3O2/c13-8-4-10(9(14)3-7(8)5-15)17-12(18)11-6-16-1-2-19-11/h3-4,11,16H,1-2,6H2,(H,17,18).